The molecule has 2 fully saturated rings. The fourth-order valence-corrected chi connectivity index (χ4v) is 2.96. The minimum absolute atomic E-state index is 0.0584. The monoisotopic (exact) mass is 267 g/mol. The first-order valence-electron chi connectivity index (χ1n) is 7.31. The van der Waals surface area contributed by atoms with E-state index in [1.165, 1.54) is 11.3 Å². The lowest BCUT2D eigenvalue weighted by atomic mass is 10.0. The lowest BCUT2D eigenvalue weighted by Gasteiger charge is -2.32. The first-order chi connectivity index (χ1) is 8.97. The number of hydrogen-bond acceptors (Lipinski definition) is 3. The molecule has 5 nitrogen and oxygen atoms in total. The highest BCUT2D eigenvalue weighted by molar-refractivity contribution is 6.04. The molecule has 0 spiro atoms. The van der Waals surface area contributed by atoms with E-state index >= 15 is 0 Å². The molecule has 0 unspecified atom stereocenters. The molecule has 3 amide bonds. The molecule has 0 radical (unpaired) electrons. The average Bonchev–Trinajstić information content (AvgIpc) is 2.56. The van der Waals surface area contributed by atoms with Crippen LogP contribution in [-0.4, -0.2) is 47.5 Å². The van der Waals surface area contributed by atoms with Crippen LogP contribution < -0.4 is 5.32 Å². The summed E-state index contributed by atoms with van der Waals surface area (Å²) in [4.78, 5) is 27.7. The Kier molecular flexibility index (Phi) is 4.45. The second-order valence-electron chi connectivity index (χ2n) is 6.36. The number of urea groups is 1. The Bertz CT molecular complexity index is 357. The van der Waals surface area contributed by atoms with Crippen molar-refractivity contribution in [2.75, 3.05) is 19.8 Å². The highest BCUT2D eigenvalue weighted by Gasteiger charge is 2.39. The summed E-state index contributed by atoms with van der Waals surface area (Å²) in [5.41, 5.74) is 0. The molecule has 19 heavy (non-hydrogen) atoms. The number of imide groups is 1. The van der Waals surface area contributed by atoms with Gasteiger partial charge < -0.3 is 5.32 Å². The Morgan fingerprint density at radius 2 is 2.11 bits per heavy atom. The zero-order chi connectivity index (χ0) is 14.0. The van der Waals surface area contributed by atoms with Gasteiger partial charge in [0.25, 0.3) is 5.91 Å². The van der Waals surface area contributed by atoms with E-state index in [2.05, 4.69) is 31.0 Å². The molecule has 2 saturated heterocycles. The number of piperidine rings is 1. The quantitative estimate of drug-likeness (QED) is 0.788. The number of rotatable bonds is 4. The van der Waals surface area contributed by atoms with Crippen molar-refractivity contribution >= 4 is 11.9 Å². The highest BCUT2D eigenvalue weighted by atomic mass is 16.2. The predicted octanol–water partition coefficient (Wildman–Crippen LogP) is 1.64. The molecule has 2 aliphatic heterocycles. The minimum atomic E-state index is -0.324. The van der Waals surface area contributed by atoms with Crippen LogP contribution in [0.1, 0.15) is 40.0 Å². The maximum Gasteiger partial charge on any atom is 0.325 e. The topological polar surface area (TPSA) is 52.7 Å². The maximum atomic E-state index is 12.2. The van der Waals surface area contributed by atoms with Crippen molar-refractivity contribution in [3.8, 4) is 0 Å². The van der Waals surface area contributed by atoms with Gasteiger partial charge in [0.1, 0.15) is 6.04 Å². The third-order valence-corrected chi connectivity index (χ3v) is 3.90. The summed E-state index contributed by atoms with van der Waals surface area (Å²) in [7, 11) is 0. The zero-order valence-electron chi connectivity index (χ0n) is 12.2. The van der Waals surface area contributed by atoms with Crippen LogP contribution in [0.3, 0.4) is 0 Å². The fourth-order valence-electron chi connectivity index (χ4n) is 2.96. The van der Waals surface area contributed by atoms with Gasteiger partial charge in [-0.05, 0) is 37.6 Å². The number of nitrogens with one attached hydrogen (secondary N) is 1. The molecule has 2 rings (SSSR count). The van der Waals surface area contributed by atoms with Gasteiger partial charge in [-0.2, -0.15) is 0 Å². The van der Waals surface area contributed by atoms with Crippen molar-refractivity contribution in [1.29, 1.82) is 0 Å². The standard InChI is InChI=1S/C14H25N3O2/c1-10(2)7-12-13(18)17(14(19)15-12)9-16-6-4-5-11(3)8-16/h10-12H,4-9H2,1-3H3,(H,15,19)/t11-,12-/m1/s1. The van der Waals surface area contributed by atoms with Crippen LogP contribution in [0.5, 0.6) is 0 Å². The van der Waals surface area contributed by atoms with Crippen LogP contribution in [0.25, 0.3) is 0 Å². The van der Waals surface area contributed by atoms with Crippen molar-refractivity contribution in [1.82, 2.24) is 15.1 Å². The SMILES string of the molecule is CC(C)C[C@H]1NC(=O)N(CN2CCC[C@@H](C)C2)C1=O. The van der Waals surface area contributed by atoms with Crippen LogP contribution in [0, 0.1) is 11.8 Å². The lowest BCUT2D eigenvalue weighted by Crippen LogP contribution is -2.45. The molecule has 0 aromatic heterocycles. The molecule has 0 bridgehead atoms. The molecule has 2 heterocycles. The first kappa shape index (κ1) is 14.3. The number of likely N-dealkylation sites (tertiary alicyclic amines) is 1. The Hall–Kier alpha value is -1.10. The van der Waals surface area contributed by atoms with Gasteiger partial charge in [0.05, 0.1) is 6.67 Å². The minimum Gasteiger partial charge on any atom is -0.326 e. The highest BCUT2D eigenvalue weighted by Crippen LogP contribution is 2.18. The summed E-state index contributed by atoms with van der Waals surface area (Å²) in [5.74, 6) is 1.00. The van der Waals surface area contributed by atoms with Crippen molar-refractivity contribution < 1.29 is 9.59 Å². The van der Waals surface area contributed by atoms with Crippen molar-refractivity contribution in [2.45, 2.75) is 46.1 Å². The average molecular weight is 267 g/mol. The number of carbonyl (C=O) groups excluding carboxylic acids is 2. The second-order valence-corrected chi connectivity index (χ2v) is 6.36. The summed E-state index contributed by atoms with van der Waals surface area (Å²) in [5, 5.41) is 2.80. The van der Waals surface area contributed by atoms with E-state index < -0.39 is 0 Å². The van der Waals surface area contributed by atoms with Gasteiger partial charge >= 0.3 is 6.03 Å². The van der Waals surface area contributed by atoms with Gasteiger partial charge in [-0.15, -0.1) is 0 Å². The smallest absolute Gasteiger partial charge is 0.325 e. The van der Waals surface area contributed by atoms with Gasteiger partial charge in [-0.3, -0.25) is 9.69 Å². The van der Waals surface area contributed by atoms with Crippen molar-refractivity contribution in [2.24, 2.45) is 11.8 Å². The van der Waals surface area contributed by atoms with E-state index in [0.717, 1.165) is 25.9 Å². The molecule has 2 atom stereocenters. The number of hydrogen-bond donors (Lipinski definition) is 1. The molecule has 1 N–H and O–H groups in total. The summed E-state index contributed by atoms with van der Waals surface area (Å²) >= 11 is 0. The van der Waals surface area contributed by atoms with E-state index in [1.54, 1.807) is 0 Å². The largest absolute Gasteiger partial charge is 0.326 e. The van der Waals surface area contributed by atoms with E-state index in [-0.39, 0.29) is 18.0 Å². The Balaban J connectivity index is 1.92. The number of nitrogens with zero attached hydrogens (tertiary/aromatic N) is 2. The Morgan fingerprint density at radius 1 is 1.37 bits per heavy atom. The second kappa shape index (κ2) is 5.90. The molecular weight excluding hydrogens is 242 g/mol. The molecule has 5 heteroatoms. The van der Waals surface area contributed by atoms with Crippen LogP contribution in [0.2, 0.25) is 0 Å². The van der Waals surface area contributed by atoms with Crippen molar-refractivity contribution in [3.63, 3.8) is 0 Å². The Morgan fingerprint density at radius 3 is 2.74 bits per heavy atom. The Labute approximate surface area is 115 Å². The summed E-state index contributed by atoms with van der Waals surface area (Å²) in [6.45, 7) is 8.76. The number of carbonyl (C=O) groups is 2. The molecule has 2 aliphatic rings. The normalized spacial score (nSPS) is 29.2. The summed E-state index contributed by atoms with van der Waals surface area (Å²) in [6.07, 6.45) is 3.12. The van der Waals surface area contributed by atoms with Gasteiger partial charge in [0.2, 0.25) is 0 Å². The molecule has 108 valence electrons. The molecule has 0 aromatic rings. The maximum absolute atomic E-state index is 12.2. The fraction of sp³-hybridized carbons (Fsp3) is 0.857. The summed E-state index contributed by atoms with van der Waals surface area (Å²) < 4.78 is 0. The van der Waals surface area contributed by atoms with Crippen molar-refractivity contribution in [3.05, 3.63) is 0 Å². The van der Waals surface area contributed by atoms with Gasteiger partial charge in [0.15, 0.2) is 0 Å². The van der Waals surface area contributed by atoms with Gasteiger partial charge in [-0.1, -0.05) is 20.8 Å². The number of amides is 3. The van der Waals surface area contributed by atoms with E-state index in [4.69, 9.17) is 0 Å². The molecule has 0 aliphatic carbocycles. The molecular formula is C14H25N3O2. The van der Waals surface area contributed by atoms with Crippen LogP contribution in [-0.2, 0) is 4.79 Å². The third kappa shape index (κ3) is 3.47. The van der Waals surface area contributed by atoms with Crippen LogP contribution in [0.4, 0.5) is 4.79 Å². The van der Waals surface area contributed by atoms with Crippen LogP contribution >= 0.6 is 0 Å². The van der Waals surface area contributed by atoms with Gasteiger partial charge in [0, 0.05) is 6.54 Å². The third-order valence-electron chi connectivity index (χ3n) is 3.90. The molecule has 0 aromatic carbocycles. The first-order valence-corrected chi connectivity index (χ1v) is 7.31. The summed E-state index contributed by atoms with van der Waals surface area (Å²) in [6, 6.07) is -0.552. The predicted molar refractivity (Wildman–Crippen MR) is 73.5 cm³/mol. The lowest BCUT2D eigenvalue weighted by molar-refractivity contribution is -0.129. The van der Waals surface area contributed by atoms with Crippen LogP contribution in [0.15, 0.2) is 0 Å². The van der Waals surface area contributed by atoms with E-state index in [0.29, 0.717) is 18.5 Å². The van der Waals surface area contributed by atoms with E-state index in [1.807, 2.05) is 0 Å². The zero-order valence-corrected chi connectivity index (χ0v) is 12.2. The van der Waals surface area contributed by atoms with E-state index in [9.17, 15) is 9.59 Å². The van der Waals surface area contributed by atoms with Gasteiger partial charge in [-0.25, -0.2) is 9.69 Å². The molecule has 0 saturated carbocycles.